The Morgan fingerprint density at radius 3 is 2.88 bits per heavy atom. The molecule has 2 N–H and O–H groups in total. The number of piperidine rings is 1. The molecule has 0 aliphatic carbocycles. The van der Waals surface area contributed by atoms with Crippen LogP contribution in [0.5, 0.6) is 11.5 Å². The van der Waals surface area contributed by atoms with Crippen LogP contribution in [0.2, 0.25) is 0 Å². The molecule has 0 bridgehead atoms. The van der Waals surface area contributed by atoms with Crippen LogP contribution >= 0.6 is 0 Å². The summed E-state index contributed by atoms with van der Waals surface area (Å²) in [6.45, 7) is 3.88. The molecule has 7 nitrogen and oxygen atoms in total. The van der Waals surface area contributed by atoms with Gasteiger partial charge in [0.05, 0.1) is 12.0 Å². The number of likely N-dealkylation sites (tertiary alicyclic amines) is 1. The summed E-state index contributed by atoms with van der Waals surface area (Å²) in [4.78, 5) is 27.9. The number of carbonyl (C=O) groups is 2. The maximum absolute atomic E-state index is 12.8. The summed E-state index contributed by atoms with van der Waals surface area (Å²) in [6, 6.07) is 5.53. The minimum atomic E-state index is -0.320. The molecule has 1 aromatic carbocycles. The number of fused-ring (bicyclic) bond motifs is 1. The van der Waals surface area contributed by atoms with Gasteiger partial charge in [-0.15, -0.1) is 0 Å². The Balaban J connectivity index is 1.60. The monoisotopic (exact) mass is 347 g/mol. The molecule has 2 atom stereocenters. The van der Waals surface area contributed by atoms with Crippen LogP contribution in [0, 0.1) is 5.92 Å². The summed E-state index contributed by atoms with van der Waals surface area (Å²) in [5, 5.41) is 0. The zero-order valence-electron chi connectivity index (χ0n) is 14.7. The van der Waals surface area contributed by atoms with Crippen molar-refractivity contribution in [3.05, 3.63) is 23.8 Å². The fourth-order valence-electron chi connectivity index (χ4n) is 3.33. The second-order valence-corrected chi connectivity index (χ2v) is 6.80. The first-order chi connectivity index (χ1) is 12.0. The van der Waals surface area contributed by atoms with Gasteiger partial charge in [0.1, 0.15) is 0 Å². The third kappa shape index (κ3) is 3.87. The van der Waals surface area contributed by atoms with Gasteiger partial charge in [0, 0.05) is 19.6 Å². The standard InChI is InChI=1S/C18H25N3O4/c1-12(18(23)21-7-3-4-14(10-21)17(19)22)20(2)9-13-5-6-15-16(8-13)25-11-24-15/h5-6,8,12,14H,3-4,7,9-11H2,1-2H3,(H2,19,22). The number of ether oxygens (including phenoxy) is 2. The zero-order valence-corrected chi connectivity index (χ0v) is 14.7. The van der Waals surface area contributed by atoms with Crippen molar-refractivity contribution in [2.45, 2.75) is 32.4 Å². The van der Waals surface area contributed by atoms with E-state index >= 15 is 0 Å². The lowest BCUT2D eigenvalue weighted by molar-refractivity contribution is -0.139. The molecule has 25 heavy (non-hydrogen) atoms. The summed E-state index contributed by atoms with van der Waals surface area (Å²) < 4.78 is 10.7. The Kier molecular flexibility index (Phi) is 5.13. The van der Waals surface area contributed by atoms with Crippen LogP contribution in [0.15, 0.2) is 18.2 Å². The molecular weight excluding hydrogens is 322 g/mol. The van der Waals surface area contributed by atoms with Gasteiger partial charge in [0.2, 0.25) is 18.6 Å². The van der Waals surface area contributed by atoms with Crippen molar-refractivity contribution in [2.75, 3.05) is 26.9 Å². The van der Waals surface area contributed by atoms with Crippen LogP contribution in [0.25, 0.3) is 0 Å². The molecule has 2 amide bonds. The van der Waals surface area contributed by atoms with Gasteiger partial charge >= 0.3 is 0 Å². The van der Waals surface area contributed by atoms with Gasteiger partial charge in [-0.05, 0) is 44.5 Å². The number of primary amides is 1. The van der Waals surface area contributed by atoms with Crippen molar-refractivity contribution in [2.24, 2.45) is 11.7 Å². The third-order valence-electron chi connectivity index (χ3n) is 5.02. The fourth-order valence-corrected chi connectivity index (χ4v) is 3.33. The van der Waals surface area contributed by atoms with Gasteiger partial charge in [-0.1, -0.05) is 6.07 Å². The quantitative estimate of drug-likeness (QED) is 0.857. The highest BCUT2D eigenvalue weighted by atomic mass is 16.7. The lowest BCUT2D eigenvalue weighted by Crippen LogP contribution is -2.50. The highest BCUT2D eigenvalue weighted by Gasteiger charge is 2.30. The SMILES string of the molecule is CC(C(=O)N1CCCC(C(N)=O)C1)N(C)Cc1ccc2c(c1)OCO2. The van der Waals surface area contributed by atoms with Gasteiger partial charge in [0.15, 0.2) is 11.5 Å². The minimum Gasteiger partial charge on any atom is -0.454 e. The van der Waals surface area contributed by atoms with E-state index in [-0.39, 0.29) is 30.6 Å². The lowest BCUT2D eigenvalue weighted by Gasteiger charge is -2.35. The number of hydrogen-bond acceptors (Lipinski definition) is 5. The number of rotatable bonds is 5. The number of hydrogen-bond donors (Lipinski definition) is 1. The van der Waals surface area contributed by atoms with Gasteiger partial charge in [-0.3, -0.25) is 14.5 Å². The van der Waals surface area contributed by atoms with E-state index < -0.39 is 0 Å². The van der Waals surface area contributed by atoms with Gasteiger partial charge in [-0.2, -0.15) is 0 Å². The second kappa shape index (κ2) is 7.31. The van der Waals surface area contributed by atoms with E-state index in [1.54, 1.807) is 4.90 Å². The van der Waals surface area contributed by atoms with Crippen LogP contribution in [-0.4, -0.2) is 54.6 Å². The van der Waals surface area contributed by atoms with Crippen LogP contribution in [-0.2, 0) is 16.1 Å². The third-order valence-corrected chi connectivity index (χ3v) is 5.02. The maximum Gasteiger partial charge on any atom is 0.239 e. The molecule has 0 spiro atoms. The minimum absolute atomic E-state index is 0.0363. The first-order valence-electron chi connectivity index (χ1n) is 8.62. The number of likely N-dealkylation sites (N-methyl/N-ethyl adjacent to an activating group) is 1. The summed E-state index contributed by atoms with van der Waals surface area (Å²) in [5.74, 6) is 0.976. The molecule has 0 aromatic heterocycles. The van der Waals surface area contributed by atoms with Crippen molar-refractivity contribution in [1.82, 2.24) is 9.80 Å². The molecule has 0 radical (unpaired) electrons. The molecular formula is C18H25N3O4. The number of carbonyl (C=O) groups excluding carboxylic acids is 2. The Labute approximate surface area is 147 Å². The molecule has 3 rings (SSSR count). The molecule has 7 heteroatoms. The topological polar surface area (TPSA) is 85.1 Å². The van der Waals surface area contributed by atoms with E-state index in [0.29, 0.717) is 19.6 Å². The normalized spacial score (nSPS) is 20.6. The van der Waals surface area contributed by atoms with Crippen molar-refractivity contribution in [3.8, 4) is 11.5 Å². The molecule has 1 fully saturated rings. The van der Waals surface area contributed by atoms with E-state index in [9.17, 15) is 9.59 Å². The molecule has 2 aliphatic rings. The maximum atomic E-state index is 12.8. The van der Waals surface area contributed by atoms with Crippen LogP contribution in [0.4, 0.5) is 0 Å². The Bertz CT molecular complexity index is 664. The smallest absolute Gasteiger partial charge is 0.239 e. The highest BCUT2D eigenvalue weighted by Crippen LogP contribution is 2.32. The number of benzene rings is 1. The number of amides is 2. The second-order valence-electron chi connectivity index (χ2n) is 6.80. The number of nitrogens with zero attached hydrogens (tertiary/aromatic N) is 2. The van der Waals surface area contributed by atoms with E-state index in [1.807, 2.05) is 37.1 Å². The largest absolute Gasteiger partial charge is 0.454 e. The molecule has 136 valence electrons. The molecule has 2 heterocycles. The molecule has 2 unspecified atom stereocenters. The number of nitrogens with two attached hydrogens (primary N) is 1. The highest BCUT2D eigenvalue weighted by molar-refractivity contribution is 5.83. The first kappa shape index (κ1) is 17.5. The van der Waals surface area contributed by atoms with Gasteiger partial charge < -0.3 is 20.1 Å². The van der Waals surface area contributed by atoms with Crippen LogP contribution in [0.1, 0.15) is 25.3 Å². The first-order valence-corrected chi connectivity index (χ1v) is 8.62. The zero-order chi connectivity index (χ0) is 18.0. The average molecular weight is 347 g/mol. The lowest BCUT2D eigenvalue weighted by atomic mass is 9.97. The molecule has 2 aliphatic heterocycles. The van der Waals surface area contributed by atoms with E-state index in [0.717, 1.165) is 29.9 Å². The molecule has 0 saturated carbocycles. The van der Waals surface area contributed by atoms with Crippen molar-refractivity contribution in [3.63, 3.8) is 0 Å². The van der Waals surface area contributed by atoms with E-state index in [2.05, 4.69) is 0 Å². The van der Waals surface area contributed by atoms with Crippen LogP contribution in [0.3, 0.4) is 0 Å². The van der Waals surface area contributed by atoms with Crippen molar-refractivity contribution >= 4 is 11.8 Å². The Morgan fingerprint density at radius 1 is 1.36 bits per heavy atom. The molecule has 1 saturated heterocycles. The van der Waals surface area contributed by atoms with Gasteiger partial charge in [-0.25, -0.2) is 0 Å². The predicted molar refractivity (Wildman–Crippen MR) is 92.0 cm³/mol. The van der Waals surface area contributed by atoms with Crippen molar-refractivity contribution < 1.29 is 19.1 Å². The summed E-state index contributed by atoms with van der Waals surface area (Å²) in [5.41, 5.74) is 6.46. The van der Waals surface area contributed by atoms with Gasteiger partial charge in [0.25, 0.3) is 0 Å². The fraction of sp³-hybridized carbons (Fsp3) is 0.556. The summed E-state index contributed by atoms with van der Waals surface area (Å²) in [7, 11) is 1.92. The molecule has 1 aromatic rings. The van der Waals surface area contributed by atoms with Crippen LogP contribution < -0.4 is 15.2 Å². The summed E-state index contributed by atoms with van der Waals surface area (Å²) in [6.07, 6.45) is 1.58. The Hall–Kier alpha value is -2.28. The predicted octanol–water partition coefficient (Wildman–Crippen LogP) is 0.960. The van der Waals surface area contributed by atoms with E-state index in [1.165, 1.54) is 0 Å². The average Bonchev–Trinajstić information content (AvgIpc) is 3.08. The van der Waals surface area contributed by atoms with E-state index in [4.69, 9.17) is 15.2 Å². The Morgan fingerprint density at radius 2 is 2.12 bits per heavy atom. The van der Waals surface area contributed by atoms with Crippen molar-refractivity contribution in [1.29, 1.82) is 0 Å². The summed E-state index contributed by atoms with van der Waals surface area (Å²) >= 11 is 0.